The first kappa shape index (κ1) is 20.3. The van der Waals surface area contributed by atoms with Crippen LogP contribution in [0, 0.1) is 0 Å². The van der Waals surface area contributed by atoms with E-state index < -0.39 is 10.0 Å². The van der Waals surface area contributed by atoms with E-state index in [0.29, 0.717) is 17.0 Å². The van der Waals surface area contributed by atoms with Crippen LogP contribution in [0.1, 0.15) is 36.0 Å². The first-order chi connectivity index (χ1) is 14.5. The van der Waals surface area contributed by atoms with Crippen molar-refractivity contribution in [3.8, 4) is 5.75 Å². The highest BCUT2D eigenvalue weighted by molar-refractivity contribution is 7.94. The van der Waals surface area contributed by atoms with E-state index in [4.69, 9.17) is 4.74 Å². The fourth-order valence-corrected chi connectivity index (χ4v) is 5.08. The molecule has 1 fully saturated rings. The van der Waals surface area contributed by atoms with E-state index >= 15 is 0 Å². The lowest BCUT2D eigenvalue weighted by Gasteiger charge is -2.13. The van der Waals surface area contributed by atoms with Crippen molar-refractivity contribution < 1.29 is 17.9 Å². The molecule has 1 aliphatic carbocycles. The number of nitrogens with zero attached hydrogens (tertiary/aromatic N) is 2. The van der Waals surface area contributed by atoms with Crippen LogP contribution in [-0.4, -0.2) is 30.6 Å². The Hall–Kier alpha value is -2.98. The lowest BCUT2D eigenvalue weighted by molar-refractivity contribution is 0.102. The van der Waals surface area contributed by atoms with Gasteiger partial charge in [-0.05, 0) is 62.1 Å². The van der Waals surface area contributed by atoms with Crippen LogP contribution in [0.3, 0.4) is 0 Å². The maximum Gasteiger partial charge on any atom is 0.291 e. The number of anilines is 2. The summed E-state index contributed by atoms with van der Waals surface area (Å²) >= 11 is 0.777. The number of nitrogens with one attached hydrogen (secondary N) is 2. The summed E-state index contributed by atoms with van der Waals surface area (Å²) in [6, 6.07) is 15.3. The van der Waals surface area contributed by atoms with Gasteiger partial charge in [0.1, 0.15) is 5.75 Å². The molecule has 2 N–H and O–H groups in total. The second-order valence-electron chi connectivity index (χ2n) is 6.85. The smallest absolute Gasteiger partial charge is 0.291 e. The average molecular weight is 445 g/mol. The molecule has 3 aromatic rings. The number of carbonyl (C=O) groups excluding carboxylic acids is 1. The number of ether oxygens (including phenoxy) is 1. The van der Waals surface area contributed by atoms with Gasteiger partial charge in [-0.15, -0.1) is 10.2 Å². The van der Waals surface area contributed by atoms with Crippen LogP contribution in [0.4, 0.5) is 10.8 Å². The normalized spacial score (nSPS) is 14.4. The van der Waals surface area contributed by atoms with Crippen LogP contribution in [0.2, 0.25) is 0 Å². The van der Waals surface area contributed by atoms with Gasteiger partial charge < -0.3 is 4.74 Å². The Morgan fingerprint density at radius 3 is 2.40 bits per heavy atom. The van der Waals surface area contributed by atoms with Crippen molar-refractivity contribution in [2.45, 2.75) is 36.1 Å². The van der Waals surface area contributed by atoms with Gasteiger partial charge in [-0.2, -0.15) is 8.42 Å². The number of carbonyl (C=O) groups is 1. The van der Waals surface area contributed by atoms with E-state index in [2.05, 4.69) is 20.2 Å². The molecule has 156 valence electrons. The Morgan fingerprint density at radius 1 is 1.00 bits per heavy atom. The Balaban J connectivity index is 1.39. The molecule has 10 heteroatoms. The Labute approximate surface area is 178 Å². The summed E-state index contributed by atoms with van der Waals surface area (Å²) in [7, 11) is -3.93. The standard InChI is InChI=1S/C20H20N4O4S2/c25-18(14-6-2-1-3-7-14)21-19-22-23-20(29-19)30(26,27)24-15-10-12-17(13-11-15)28-16-8-4-5-9-16/h1-3,6-7,10-13,16,24H,4-5,8-9H2,(H,21,22,25). The monoisotopic (exact) mass is 444 g/mol. The summed E-state index contributed by atoms with van der Waals surface area (Å²) in [5, 5.41) is 10.1. The molecule has 1 aliphatic rings. The number of rotatable bonds is 7. The topological polar surface area (TPSA) is 110 Å². The van der Waals surface area contributed by atoms with Crippen molar-refractivity contribution in [3.05, 3.63) is 60.2 Å². The summed E-state index contributed by atoms with van der Waals surface area (Å²) in [4.78, 5) is 12.2. The molecule has 4 rings (SSSR count). The molecule has 0 unspecified atom stereocenters. The molecular weight excluding hydrogens is 424 g/mol. The van der Waals surface area contributed by atoms with E-state index in [-0.39, 0.29) is 21.5 Å². The van der Waals surface area contributed by atoms with Gasteiger partial charge in [0.05, 0.1) is 6.10 Å². The number of aromatic nitrogens is 2. The fraction of sp³-hybridized carbons (Fsp3) is 0.250. The first-order valence-corrected chi connectivity index (χ1v) is 11.8. The van der Waals surface area contributed by atoms with Crippen LogP contribution >= 0.6 is 11.3 Å². The molecule has 0 bridgehead atoms. The molecule has 30 heavy (non-hydrogen) atoms. The van der Waals surface area contributed by atoms with Gasteiger partial charge in [0.2, 0.25) is 5.13 Å². The minimum atomic E-state index is -3.93. The molecule has 0 radical (unpaired) electrons. The number of sulfonamides is 1. The molecule has 0 aliphatic heterocycles. The lowest BCUT2D eigenvalue weighted by atomic mass is 10.2. The van der Waals surface area contributed by atoms with Crippen molar-refractivity contribution in [3.63, 3.8) is 0 Å². The van der Waals surface area contributed by atoms with Crippen molar-refractivity contribution in [1.29, 1.82) is 0 Å². The van der Waals surface area contributed by atoms with Crippen molar-refractivity contribution in [2.75, 3.05) is 10.0 Å². The molecule has 2 aromatic carbocycles. The predicted molar refractivity (Wildman–Crippen MR) is 114 cm³/mol. The maximum atomic E-state index is 12.6. The van der Waals surface area contributed by atoms with Gasteiger partial charge in [0.25, 0.3) is 20.3 Å². The zero-order chi connectivity index (χ0) is 21.0. The molecule has 0 spiro atoms. The van der Waals surface area contributed by atoms with Crippen LogP contribution in [0.5, 0.6) is 5.75 Å². The molecule has 1 amide bonds. The third-order valence-corrected chi connectivity index (χ3v) is 7.19. The van der Waals surface area contributed by atoms with Crippen molar-refractivity contribution in [2.24, 2.45) is 0 Å². The van der Waals surface area contributed by atoms with E-state index in [9.17, 15) is 13.2 Å². The summed E-state index contributed by atoms with van der Waals surface area (Å²) in [5.41, 5.74) is 0.828. The Kier molecular flexibility index (Phi) is 5.96. The fourth-order valence-electron chi connectivity index (χ4n) is 3.13. The molecule has 1 saturated carbocycles. The second-order valence-corrected chi connectivity index (χ2v) is 9.68. The van der Waals surface area contributed by atoms with Gasteiger partial charge >= 0.3 is 0 Å². The Morgan fingerprint density at radius 2 is 1.70 bits per heavy atom. The number of benzene rings is 2. The van der Waals surface area contributed by atoms with Gasteiger partial charge in [-0.25, -0.2) is 0 Å². The number of amides is 1. The minimum Gasteiger partial charge on any atom is -0.490 e. The van der Waals surface area contributed by atoms with Crippen LogP contribution in [0.25, 0.3) is 0 Å². The zero-order valence-corrected chi connectivity index (χ0v) is 17.6. The predicted octanol–water partition coefficient (Wildman–Crippen LogP) is 3.91. The van der Waals surface area contributed by atoms with Gasteiger partial charge in [0, 0.05) is 11.3 Å². The van der Waals surface area contributed by atoms with Crippen molar-refractivity contribution in [1.82, 2.24) is 10.2 Å². The van der Waals surface area contributed by atoms with E-state index in [1.165, 1.54) is 12.8 Å². The highest BCUT2D eigenvalue weighted by Gasteiger charge is 2.22. The SMILES string of the molecule is O=C(Nc1nnc(S(=O)(=O)Nc2ccc(OC3CCCC3)cc2)s1)c1ccccc1. The molecule has 8 nitrogen and oxygen atoms in total. The lowest BCUT2D eigenvalue weighted by Crippen LogP contribution is -2.13. The largest absolute Gasteiger partial charge is 0.490 e. The first-order valence-electron chi connectivity index (χ1n) is 9.49. The van der Waals surface area contributed by atoms with Crippen LogP contribution in [0.15, 0.2) is 58.9 Å². The van der Waals surface area contributed by atoms with Gasteiger partial charge in [-0.3, -0.25) is 14.8 Å². The second kappa shape index (κ2) is 8.80. The summed E-state index contributed by atoms with van der Waals surface area (Å²) in [5.74, 6) is 0.327. The van der Waals surface area contributed by atoms with Crippen LogP contribution in [-0.2, 0) is 10.0 Å². The van der Waals surface area contributed by atoms with Crippen LogP contribution < -0.4 is 14.8 Å². The average Bonchev–Trinajstić information content (AvgIpc) is 3.42. The van der Waals surface area contributed by atoms with Crippen molar-refractivity contribution >= 4 is 38.1 Å². The molecule has 0 atom stereocenters. The quantitative estimate of drug-likeness (QED) is 0.535. The third kappa shape index (κ3) is 4.95. The Bertz CT molecular complexity index is 1110. The molecular formula is C20H20N4O4S2. The summed E-state index contributed by atoms with van der Waals surface area (Å²) in [6.45, 7) is 0. The van der Waals surface area contributed by atoms with Gasteiger partial charge in [-0.1, -0.05) is 29.5 Å². The minimum absolute atomic E-state index is 0.101. The molecule has 1 aromatic heterocycles. The van der Waals surface area contributed by atoms with E-state index in [0.717, 1.165) is 24.2 Å². The zero-order valence-electron chi connectivity index (χ0n) is 15.9. The number of hydrogen-bond acceptors (Lipinski definition) is 7. The summed E-state index contributed by atoms with van der Waals surface area (Å²) in [6.07, 6.45) is 4.69. The number of hydrogen-bond donors (Lipinski definition) is 2. The summed E-state index contributed by atoms with van der Waals surface area (Å²) < 4.78 is 33.3. The highest BCUT2D eigenvalue weighted by Crippen LogP contribution is 2.27. The van der Waals surface area contributed by atoms with E-state index in [1.54, 1.807) is 54.6 Å². The molecule has 1 heterocycles. The van der Waals surface area contributed by atoms with E-state index in [1.807, 2.05) is 0 Å². The maximum absolute atomic E-state index is 12.6. The highest BCUT2D eigenvalue weighted by atomic mass is 32.2. The molecule has 0 saturated heterocycles. The third-order valence-electron chi connectivity index (χ3n) is 4.60. The van der Waals surface area contributed by atoms with Gasteiger partial charge in [0.15, 0.2) is 0 Å².